The summed E-state index contributed by atoms with van der Waals surface area (Å²) in [5.74, 6) is -0.176. The Morgan fingerprint density at radius 2 is 2.08 bits per heavy atom. The van der Waals surface area contributed by atoms with E-state index in [9.17, 15) is 4.39 Å². The van der Waals surface area contributed by atoms with Crippen LogP contribution in [0.2, 0.25) is 0 Å². The van der Waals surface area contributed by atoms with E-state index in [0.717, 1.165) is 10.4 Å². The summed E-state index contributed by atoms with van der Waals surface area (Å²) in [6.07, 6.45) is 0. The van der Waals surface area contributed by atoms with Crippen LogP contribution in [0.1, 0.15) is 5.56 Å². The highest BCUT2D eigenvalue weighted by Gasteiger charge is 2.03. The Balaban J connectivity index is 2.53. The van der Waals surface area contributed by atoms with Crippen LogP contribution in [0.15, 0.2) is 35.7 Å². The number of rotatable bonds is 1. The summed E-state index contributed by atoms with van der Waals surface area (Å²) in [6.45, 7) is 2.04. The summed E-state index contributed by atoms with van der Waals surface area (Å²) in [7, 11) is 0. The van der Waals surface area contributed by atoms with Crippen molar-refractivity contribution in [2.45, 2.75) is 6.92 Å². The normalized spacial score (nSPS) is 10.3. The average molecular weight is 192 g/mol. The molecule has 1 heterocycles. The lowest BCUT2D eigenvalue weighted by Gasteiger charge is -1.98. The van der Waals surface area contributed by atoms with Crippen molar-refractivity contribution in [3.05, 3.63) is 47.1 Å². The van der Waals surface area contributed by atoms with E-state index in [0.29, 0.717) is 0 Å². The van der Waals surface area contributed by atoms with Gasteiger partial charge in [0.2, 0.25) is 0 Å². The Morgan fingerprint density at radius 3 is 2.69 bits per heavy atom. The maximum atomic E-state index is 12.9. The second kappa shape index (κ2) is 3.30. The van der Waals surface area contributed by atoms with E-state index < -0.39 is 0 Å². The molecule has 0 spiro atoms. The predicted octanol–water partition coefficient (Wildman–Crippen LogP) is 3.86. The van der Waals surface area contributed by atoms with Gasteiger partial charge < -0.3 is 0 Å². The van der Waals surface area contributed by atoms with E-state index >= 15 is 0 Å². The van der Waals surface area contributed by atoms with Crippen LogP contribution in [-0.4, -0.2) is 0 Å². The molecule has 1 aromatic heterocycles. The zero-order chi connectivity index (χ0) is 9.26. The second-order valence-electron chi connectivity index (χ2n) is 2.94. The average Bonchev–Trinajstić information content (AvgIpc) is 2.51. The summed E-state index contributed by atoms with van der Waals surface area (Å²) in [5, 5.41) is 2.02. The van der Waals surface area contributed by atoms with E-state index in [1.165, 1.54) is 11.6 Å². The lowest BCUT2D eigenvalue weighted by Crippen LogP contribution is -1.77. The van der Waals surface area contributed by atoms with Crippen molar-refractivity contribution in [3.63, 3.8) is 0 Å². The molecule has 0 aliphatic carbocycles. The Kier molecular flexibility index (Phi) is 2.15. The number of thiophene rings is 1. The Labute approximate surface area is 80.7 Å². The van der Waals surface area contributed by atoms with Crippen LogP contribution < -0.4 is 0 Å². The van der Waals surface area contributed by atoms with Gasteiger partial charge in [0.15, 0.2) is 0 Å². The molecule has 66 valence electrons. The molecule has 0 fully saturated rings. The molecule has 2 heteroatoms. The Hall–Kier alpha value is -1.15. The van der Waals surface area contributed by atoms with Crippen LogP contribution in [0.25, 0.3) is 10.4 Å². The van der Waals surface area contributed by atoms with Crippen molar-refractivity contribution < 1.29 is 4.39 Å². The van der Waals surface area contributed by atoms with Gasteiger partial charge in [-0.05, 0) is 41.6 Å². The van der Waals surface area contributed by atoms with E-state index in [1.807, 2.05) is 24.4 Å². The third-order valence-electron chi connectivity index (χ3n) is 1.95. The maximum Gasteiger partial charge on any atom is 0.123 e. The molecule has 0 atom stereocenters. The first-order chi connectivity index (χ1) is 6.27. The highest BCUT2D eigenvalue weighted by Crippen LogP contribution is 2.28. The fourth-order valence-corrected chi connectivity index (χ4v) is 2.22. The fourth-order valence-electron chi connectivity index (χ4n) is 1.30. The van der Waals surface area contributed by atoms with Gasteiger partial charge in [-0.1, -0.05) is 12.1 Å². The molecule has 0 radical (unpaired) electrons. The Morgan fingerprint density at radius 1 is 1.23 bits per heavy atom. The lowest BCUT2D eigenvalue weighted by molar-refractivity contribution is 0.628. The quantitative estimate of drug-likeness (QED) is 0.643. The van der Waals surface area contributed by atoms with E-state index in [-0.39, 0.29) is 5.82 Å². The van der Waals surface area contributed by atoms with Crippen molar-refractivity contribution in [2.75, 3.05) is 0 Å². The Bertz CT molecular complexity index is 418. The highest BCUT2D eigenvalue weighted by molar-refractivity contribution is 7.13. The number of hydrogen-bond donors (Lipinski definition) is 0. The fraction of sp³-hybridized carbons (Fsp3) is 0.0909. The third kappa shape index (κ3) is 1.63. The van der Waals surface area contributed by atoms with Crippen molar-refractivity contribution in [2.24, 2.45) is 0 Å². The zero-order valence-electron chi connectivity index (χ0n) is 7.25. The van der Waals surface area contributed by atoms with Gasteiger partial charge in [-0.15, -0.1) is 11.3 Å². The highest BCUT2D eigenvalue weighted by atomic mass is 32.1. The summed E-state index contributed by atoms with van der Waals surface area (Å²) < 4.78 is 12.9. The van der Waals surface area contributed by atoms with Gasteiger partial charge in [0.05, 0.1) is 0 Å². The monoisotopic (exact) mass is 192 g/mol. The summed E-state index contributed by atoms with van der Waals surface area (Å²) in [6, 6.07) is 8.75. The molecule has 1 aromatic carbocycles. The maximum absolute atomic E-state index is 12.9. The summed E-state index contributed by atoms with van der Waals surface area (Å²) >= 11 is 1.64. The number of hydrogen-bond acceptors (Lipinski definition) is 1. The van der Waals surface area contributed by atoms with Gasteiger partial charge in [0.1, 0.15) is 5.82 Å². The SMILES string of the molecule is Cc1ccsc1-c1cccc(F)c1. The molecule has 0 aliphatic rings. The molecule has 0 amide bonds. The molecule has 13 heavy (non-hydrogen) atoms. The molecule has 0 N–H and O–H groups in total. The minimum absolute atomic E-state index is 0.176. The topological polar surface area (TPSA) is 0 Å². The smallest absolute Gasteiger partial charge is 0.123 e. The number of benzene rings is 1. The first kappa shape index (κ1) is 8.45. The molecule has 0 saturated carbocycles. The van der Waals surface area contributed by atoms with E-state index in [1.54, 1.807) is 23.5 Å². The molecule has 2 rings (SSSR count). The first-order valence-corrected chi connectivity index (χ1v) is 4.95. The van der Waals surface area contributed by atoms with Crippen LogP contribution in [0.3, 0.4) is 0 Å². The summed E-state index contributed by atoms with van der Waals surface area (Å²) in [4.78, 5) is 1.15. The second-order valence-corrected chi connectivity index (χ2v) is 3.86. The van der Waals surface area contributed by atoms with Crippen LogP contribution in [0, 0.1) is 12.7 Å². The van der Waals surface area contributed by atoms with Gasteiger partial charge in [-0.25, -0.2) is 4.39 Å². The minimum Gasteiger partial charge on any atom is -0.207 e. The van der Waals surface area contributed by atoms with Crippen LogP contribution in [0.5, 0.6) is 0 Å². The molecular formula is C11H9FS. The largest absolute Gasteiger partial charge is 0.207 e. The molecule has 0 unspecified atom stereocenters. The lowest BCUT2D eigenvalue weighted by atomic mass is 10.1. The number of halogens is 1. The summed E-state index contributed by atoms with van der Waals surface area (Å²) in [5.41, 5.74) is 2.17. The van der Waals surface area contributed by atoms with Crippen molar-refractivity contribution in [1.29, 1.82) is 0 Å². The van der Waals surface area contributed by atoms with E-state index in [2.05, 4.69) is 0 Å². The third-order valence-corrected chi connectivity index (χ3v) is 3.01. The van der Waals surface area contributed by atoms with Crippen molar-refractivity contribution >= 4 is 11.3 Å². The van der Waals surface area contributed by atoms with Crippen LogP contribution in [-0.2, 0) is 0 Å². The molecule has 0 nitrogen and oxygen atoms in total. The zero-order valence-corrected chi connectivity index (χ0v) is 8.07. The van der Waals surface area contributed by atoms with Gasteiger partial charge in [-0.2, -0.15) is 0 Å². The number of aryl methyl sites for hydroxylation is 1. The minimum atomic E-state index is -0.176. The predicted molar refractivity (Wildman–Crippen MR) is 54.5 cm³/mol. The van der Waals surface area contributed by atoms with Crippen LogP contribution >= 0.6 is 11.3 Å². The molecule has 0 aliphatic heterocycles. The van der Waals surface area contributed by atoms with Crippen LogP contribution in [0.4, 0.5) is 4.39 Å². The van der Waals surface area contributed by atoms with Crippen molar-refractivity contribution in [1.82, 2.24) is 0 Å². The molecule has 0 saturated heterocycles. The standard InChI is InChI=1S/C11H9FS/c1-8-5-6-13-11(8)9-3-2-4-10(12)7-9/h2-7H,1H3. The first-order valence-electron chi connectivity index (χ1n) is 4.07. The van der Waals surface area contributed by atoms with E-state index in [4.69, 9.17) is 0 Å². The molecular weight excluding hydrogens is 183 g/mol. The van der Waals surface area contributed by atoms with Gasteiger partial charge in [0, 0.05) is 4.88 Å². The van der Waals surface area contributed by atoms with Crippen molar-refractivity contribution in [3.8, 4) is 10.4 Å². The molecule has 0 bridgehead atoms. The van der Waals surface area contributed by atoms with Gasteiger partial charge in [0.25, 0.3) is 0 Å². The van der Waals surface area contributed by atoms with Gasteiger partial charge in [-0.3, -0.25) is 0 Å². The molecule has 2 aromatic rings. The van der Waals surface area contributed by atoms with Gasteiger partial charge >= 0.3 is 0 Å².